The van der Waals surface area contributed by atoms with Crippen molar-refractivity contribution in [1.29, 1.82) is 0 Å². The van der Waals surface area contributed by atoms with Crippen molar-refractivity contribution in [3.05, 3.63) is 57.3 Å². The van der Waals surface area contributed by atoms with Gasteiger partial charge in [-0.05, 0) is 37.1 Å². The van der Waals surface area contributed by atoms with E-state index in [4.69, 9.17) is 4.74 Å². The van der Waals surface area contributed by atoms with Gasteiger partial charge >= 0.3 is 0 Å². The topological polar surface area (TPSA) is 77.3 Å². The third-order valence-corrected chi connectivity index (χ3v) is 3.26. The van der Waals surface area contributed by atoms with Crippen molar-refractivity contribution in [2.75, 3.05) is 12.4 Å². The highest BCUT2D eigenvalue weighted by molar-refractivity contribution is 5.64. The van der Waals surface area contributed by atoms with Gasteiger partial charge in [-0.2, -0.15) is 0 Å². The monoisotopic (exact) mass is 287 g/mol. The standard InChI is InChI=1S/C15H17N3O3/c1-10-7-13(14(18(19)20)8-11(10)2)16-9-12-5-4-6-15(17-12)21-3/h4-8,16H,9H2,1-3H3. The second-order valence-corrected chi connectivity index (χ2v) is 4.74. The average Bonchev–Trinajstić information content (AvgIpc) is 2.48. The number of pyridine rings is 1. The van der Waals surface area contributed by atoms with Crippen LogP contribution in [-0.4, -0.2) is 17.0 Å². The van der Waals surface area contributed by atoms with Gasteiger partial charge in [0.05, 0.1) is 24.3 Å². The summed E-state index contributed by atoms with van der Waals surface area (Å²) in [6.07, 6.45) is 0. The van der Waals surface area contributed by atoms with Crippen LogP contribution in [-0.2, 0) is 6.54 Å². The van der Waals surface area contributed by atoms with E-state index in [9.17, 15) is 10.1 Å². The number of hydrogen-bond acceptors (Lipinski definition) is 5. The molecule has 110 valence electrons. The molecule has 1 N–H and O–H groups in total. The lowest BCUT2D eigenvalue weighted by molar-refractivity contribution is -0.384. The minimum absolute atomic E-state index is 0.0704. The van der Waals surface area contributed by atoms with Gasteiger partial charge < -0.3 is 10.1 Å². The first-order valence-electron chi connectivity index (χ1n) is 6.50. The Morgan fingerprint density at radius 2 is 2.00 bits per heavy atom. The predicted octanol–water partition coefficient (Wildman–Crippen LogP) is 3.23. The first kappa shape index (κ1) is 14.8. The van der Waals surface area contributed by atoms with E-state index in [1.54, 1.807) is 25.3 Å². The minimum atomic E-state index is -0.381. The molecule has 0 fully saturated rings. The van der Waals surface area contributed by atoms with E-state index in [1.807, 2.05) is 26.0 Å². The van der Waals surface area contributed by atoms with Crippen molar-refractivity contribution in [3.8, 4) is 5.88 Å². The number of aryl methyl sites for hydroxylation is 2. The second-order valence-electron chi connectivity index (χ2n) is 4.74. The molecule has 0 aliphatic carbocycles. The van der Waals surface area contributed by atoms with Crippen LogP contribution in [0.4, 0.5) is 11.4 Å². The zero-order valence-corrected chi connectivity index (χ0v) is 12.2. The highest BCUT2D eigenvalue weighted by Crippen LogP contribution is 2.28. The summed E-state index contributed by atoms with van der Waals surface area (Å²) in [6, 6.07) is 8.78. The lowest BCUT2D eigenvalue weighted by Crippen LogP contribution is -2.05. The maximum atomic E-state index is 11.1. The smallest absolute Gasteiger partial charge is 0.292 e. The molecule has 0 bridgehead atoms. The van der Waals surface area contributed by atoms with E-state index in [2.05, 4.69) is 10.3 Å². The van der Waals surface area contributed by atoms with Crippen LogP contribution in [0, 0.1) is 24.0 Å². The molecule has 6 heteroatoms. The normalized spacial score (nSPS) is 10.2. The fraction of sp³-hybridized carbons (Fsp3) is 0.267. The van der Waals surface area contributed by atoms with Crippen LogP contribution < -0.4 is 10.1 Å². The first-order chi connectivity index (χ1) is 10.0. The Labute approximate surface area is 122 Å². The summed E-state index contributed by atoms with van der Waals surface area (Å²) in [5, 5.41) is 14.2. The molecule has 0 atom stereocenters. The number of hydrogen-bond donors (Lipinski definition) is 1. The fourth-order valence-corrected chi connectivity index (χ4v) is 1.95. The number of methoxy groups -OCH3 is 1. The number of benzene rings is 1. The summed E-state index contributed by atoms with van der Waals surface area (Å²) in [4.78, 5) is 15.0. The molecule has 0 aliphatic rings. The van der Waals surface area contributed by atoms with Gasteiger partial charge in [0, 0.05) is 12.1 Å². The van der Waals surface area contributed by atoms with Crippen molar-refractivity contribution < 1.29 is 9.66 Å². The molecule has 2 rings (SSSR count). The Balaban J connectivity index is 2.22. The Kier molecular flexibility index (Phi) is 4.37. The van der Waals surface area contributed by atoms with Gasteiger partial charge in [-0.1, -0.05) is 6.07 Å². The van der Waals surface area contributed by atoms with Crippen molar-refractivity contribution >= 4 is 11.4 Å². The number of nitro groups is 1. The number of rotatable bonds is 5. The number of anilines is 1. The first-order valence-corrected chi connectivity index (χ1v) is 6.50. The van der Waals surface area contributed by atoms with E-state index in [1.165, 1.54) is 0 Å². The van der Waals surface area contributed by atoms with E-state index >= 15 is 0 Å². The Bertz CT molecular complexity index is 671. The highest BCUT2D eigenvalue weighted by atomic mass is 16.6. The van der Waals surface area contributed by atoms with Crippen molar-refractivity contribution in [1.82, 2.24) is 4.98 Å². The molecule has 0 saturated heterocycles. The van der Waals surface area contributed by atoms with E-state index in [0.717, 1.165) is 16.8 Å². The maximum Gasteiger partial charge on any atom is 0.292 e. The van der Waals surface area contributed by atoms with E-state index in [-0.39, 0.29) is 10.6 Å². The highest BCUT2D eigenvalue weighted by Gasteiger charge is 2.15. The van der Waals surface area contributed by atoms with Crippen LogP contribution in [0.25, 0.3) is 0 Å². The Morgan fingerprint density at radius 1 is 1.29 bits per heavy atom. The summed E-state index contributed by atoms with van der Waals surface area (Å²) in [6.45, 7) is 4.17. The summed E-state index contributed by atoms with van der Waals surface area (Å²) in [5.41, 5.74) is 3.21. The molecule has 0 aliphatic heterocycles. The van der Waals surface area contributed by atoms with E-state index in [0.29, 0.717) is 18.1 Å². The van der Waals surface area contributed by atoms with Gasteiger partial charge in [0.25, 0.3) is 5.69 Å². The fourth-order valence-electron chi connectivity index (χ4n) is 1.95. The lowest BCUT2D eigenvalue weighted by atomic mass is 10.1. The van der Waals surface area contributed by atoms with Crippen LogP contribution in [0.1, 0.15) is 16.8 Å². The van der Waals surface area contributed by atoms with Gasteiger partial charge in [-0.3, -0.25) is 10.1 Å². The summed E-state index contributed by atoms with van der Waals surface area (Å²) < 4.78 is 5.06. The van der Waals surface area contributed by atoms with Crippen LogP contribution >= 0.6 is 0 Å². The quantitative estimate of drug-likeness (QED) is 0.674. The van der Waals surface area contributed by atoms with Crippen LogP contribution in [0.15, 0.2) is 30.3 Å². The van der Waals surface area contributed by atoms with Crippen LogP contribution in [0.5, 0.6) is 5.88 Å². The van der Waals surface area contributed by atoms with Gasteiger partial charge in [0.1, 0.15) is 5.69 Å². The van der Waals surface area contributed by atoms with Crippen molar-refractivity contribution in [3.63, 3.8) is 0 Å². The average molecular weight is 287 g/mol. The Hall–Kier alpha value is -2.63. The zero-order chi connectivity index (χ0) is 15.4. The molecular formula is C15H17N3O3. The summed E-state index contributed by atoms with van der Waals surface area (Å²) >= 11 is 0. The van der Waals surface area contributed by atoms with Crippen LogP contribution in [0.2, 0.25) is 0 Å². The molecule has 0 unspecified atom stereocenters. The molecule has 0 spiro atoms. The third kappa shape index (κ3) is 3.47. The van der Waals surface area contributed by atoms with Crippen molar-refractivity contribution in [2.24, 2.45) is 0 Å². The SMILES string of the molecule is COc1cccc(CNc2cc(C)c(C)cc2[N+](=O)[O-])n1. The molecule has 1 aromatic carbocycles. The summed E-state index contributed by atoms with van der Waals surface area (Å²) in [7, 11) is 1.55. The zero-order valence-electron chi connectivity index (χ0n) is 12.2. The second kappa shape index (κ2) is 6.21. The molecule has 2 aromatic rings. The molecule has 0 saturated carbocycles. The maximum absolute atomic E-state index is 11.1. The molecule has 0 radical (unpaired) electrons. The van der Waals surface area contributed by atoms with Gasteiger partial charge in [0.15, 0.2) is 0 Å². The molecule has 1 heterocycles. The number of aromatic nitrogens is 1. The van der Waals surface area contributed by atoms with Gasteiger partial charge in [-0.25, -0.2) is 4.98 Å². The Morgan fingerprint density at radius 3 is 2.67 bits per heavy atom. The molecule has 0 amide bonds. The van der Waals surface area contributed by atoms with Gasteiger partial charge in [0.2, 0.25) is 5.88 Å². The molecule has 6 nitrogen and oxygen atoms in total. The lowest BCUT2D eigenvalue weighted by Gasteiger charge is -2.10. The number of nitrogens with one attached hydrogen (secondary N) is 1. The minimum Gasteiger partial charge on any atom is -0.481 e. The third-order valence-electron chi connectivity index (χ3n) is 3.26. The predicted molar refractivity (Wildman–Crippen MR) is 80.7 cm³/mol. The van der Waals surface area contributed by atoms with Gasteiger partial charge in [-0.15, -0.1) is 0 Å². The molecule has 21 heavy (non-hydrogen) atoms. The number of ether oxygens (including phenoxy) is 1. The van der Waals surface area contributed by atoms with E-state index < -0.39 is 0 Å². The molecular weight excluding hydrogens is 270 g/mol. The number of nitrogens with zero attached hydrogens (tertiary/aromatic N) is 2. The summed E-state index contributed by atoms with van der Waals surface area (Å²) in [5.74, 6) is 0.517. The number of nitro benzene ring substituents is 1. The van der Waals surface area contributed by atoms with Crippen molar-refractivity contribution in [2.45, 2.75) is 20.4 Å². The van der Waals surface area contributed by atoms with Crippen LogP contribution in [0.3, 0.4) is 0 Å². The largest absolute Gasteiger partial charge is 0.481 e. The molecule has 1 aromatic heterocycles.